The van der Waals surface area contributed by atoms with Gasteiger partial charge in [0, 0.05) is 0 Å². The van der Waals surface area contributed by atoms with Gasteiger partial charge in [-0.2, -0.15) is 0 Å². The van der Waals surface area contributed by atoms with Gasteiger partial charge in [-0.1, -0.05) is 46.9 Å². The second kappa shape index (κ2) is 6.81. The number of carbonyl (C=O) groups is 1. The van der Waals surface area contributed by atoms with Gasteiger partial charge < -0.3 is 5.32 Å². The van der Waals surface area contributed by atoms with Gasteiger partial charge in [0.15, 0.2) is 0 Å². The molecule has 8 heteroatoms. The van der Waals surface area contributed by atoms with E-state index in [2.05, 4.69) is 10.3 Å². The van der Waals surface area contributed by atoms with Gasteiger partial charge in [-0.05, 0) is 24.3 Å². The minimum absolute atomic E-state index is 0.201. The third-order valence-corrected chi connectivity index (χ3v) is 4.36. The highest BCUT2D eigenvalue weighted by Gasteiger charge is 2.11. The van der Waals surface area contributed by atoms with Gasteiger partial charge in [0.05, 0.1) is 38.0 Å². The van der Waals surface area contributed by atoms with E-state index in [0.717, 1.165) is 0 Å². The normalized spacial score (nSPS) is 10.8. The van der Waals surface area contributed by atoms with E-state index in [9.17, 15) is 9.59 Å². The molecule has 24 heavy (non-hydrogen) atoms. The summed E-state index contributed by atoms with van der Waals surface area (Å²) in [5.41, 5.74) is 0.598. The van der Waals surface area contributed by atoms with Crippen LogP contribution < -0.4 is 10.9 Å². The van der Waals surface area contributed by atoms with Crippen molar-refractivity contribution < 1.29 is 4.79 Å². The summed E-state index contributed by atoms with van der Waals surface area (Å²) in [5, 5.41) is 3.85. The highest BCUT2D eigenvalue weighted by molar-refractivity contribution is 6.44. The Labute approximate surface area is 151 Å². The summed E-state index contributed by atoms with van der Waals surface area (Å²) in [7, 11) is 0. The highest BCUT2D eigenvalue weighted by atomic mass is 35.5. The first kappa shape index (κ1) is 16.8. The molecule has 0 atom stereocenters. The lowest BCUT2D eigenvalue weighted by atomic mass is 10.2. The fourth-order valence-corrected chi connectivity index (χ4v) is 2.78. The second-order valence-corrected chi connectivity index (χ2v) is 6.21. The van der Waals surface area contributed by atoms with Gasteiger partial charge in [-0.25, -0.2) is 4.98 Å². The molecule has 3 aromatic rings. The third kappa shape index (κ3) is 3.38. The summed E-state index contributed by atoms with van der Waals surface area (Å²) in [6.07, 6.45) is 1.33. The van der Waals surface area contributed by atoms with E-state index in [0.29, 0.717) is 16.6 Å². The number of amides is 1. The van der Waals surface area contributed by atoms with E-state index in [1.165, 1.54) is 23.0 Å². The topological polar surface area (TPSA) is 64.0 Å². The van der Waals surface area contributed by atoms with Crippen molar-refractivity contribution in [2.24, 2.45) is 0 Å². The van der Waals surface area contributed by atoms with Crippen LogP contribution in [-0.4, -0.2) is 15.5 Å². The van der Waals surface area contributed by atoms with Crippen LogP contribution in [0.2, 0.25) is 15.1 Å². The number of halogens is 3. The van der Waals surface area contributed by atoms with Crippen LogP contribution >= 0.6 is 34.8 Å². The van der Waals surface area contributed by atoms with Gasteiger partial charge >= 0.3 is 0 Å². The van der Waals surface area contributed by atoms with E-state index >= 15 is 0 Å². The first-order valence-electron chi connectivity index (χ1n) is 6.84. The molecular weight excluding hydrogens is 373 g/mol. The predicted molar refractivity (Wildman–Crippen MR) is 96.1 cm³/mol. The van der Waals surface area contributed by atoms with E-state index < -0.39 is 5.91 Å². The molecule has 0 spiro atoms. The summed E-state index contributed by atoms with van der Waals surface area (Å²) in [6, 6.07) is 9.81. The molecule has 0 bridgehead atoms. The van der Waals surface area contributed by atoms with Crippen molar-refractivity contribution in [1.82, 2.24) is 9.55 Å². The van der Waals surface area contributed by atoms with Crippen molar-refractivity contribution in [3.63, 3.8) is 0 Å². The van der Waals surface area contributed by atoms with Gasteiger partial charge in [0.1, 0.15) is 6.54 Å². The van der Waals surface area contributed by atoms with Crippen LogP contribution in [0.4, 0.5) is 5.69 Å². The van der Waals surface area contributed by atoms with Crippen molar-refractivity contribution in [3.05, 3.63) is 68.1 Å². The van der Waals surface area contributed by atoms with Crippen LogP contribution in [0.3, 0.4) is 0 Å². The smallest absolute Gasteiger partial charge is 0.261 e. The Morgan fingerprint density at radius 2 is 1.79 bits per heavy atom. The molecule has 1 aromatic heterocycles. The molecule has 1 amide bonds. The van der Waals surface area contributed by atoms with Crippen LogP contribution in [0.25, 0.3) is 10.9 Å². The molecule has 0 saturated carbocycles. The van der Waals surface area contributed by atoms with Gasteiger partial charge in [0.2, 0.25) is 5.91 Å². The number of hydrogen-bond acceptors (Lipinski definition) is 3. The monoisotopic (exact) mass is 381 g/mol. The maximum absolute atomic E-state index is 12.4. The van der Waals surface area contributed by atoms with Crippen LogP contribution in [0.5, 0.6) is 0 Å². The molecule has 1 heterocycles. The Morgan fingerprint density at radius 1 is 1.08 bits per heavy atom. The van der Waals surface area contributed by atoms with E-state index in [-0.39, 0.29) is 27.2 Å². The Morgan fingerprint density at radius 3 is 2.58 bits per heavy atom. The first-order chi connectivity index (χ1) is 11.5. The van der Waals surface area contributed by atoms with Crippen LogP contribution in [0.1, 0.15) is 0 Å². The fourth-order valence-electron chi connectivity index (χ4n) is 2.18. The zero-order valence-electron chi connectivity index (χ0n) is 12.1. The predicted octanol–water partition coefficient (Wildman–Crippen LogP) is 4.00. The molecule has 0 fully saturated rings. The molecule has 122 valence electrons. The van der Waals surface area contributed by atoms with E-state index in [1.54, 1.807) is 24.3 Å². The number of nitrogens with one attached hydrogen (secondary N) is 1. The summed E-state index contributed by atoms with van der Waals surface area (Å²) in [6.45, 7) is -0.201. The molecule has 0 radical (unpaired) electrons. The highest BCUT2D eigenvalue weighted by Crippen LogP contribution is 2.32. The summed E-state index contributed by atoms with van der Waals surface area (Å²) in [5.74, 6) is -0.436. The second-order valence-electron chi connectivity index (χ2n) is 4.99. The number of fused-ring (bicyclic) bond motifs is 1. The molecule has 0 aliphatic heterocycles. The van der Waals surface area contributed by atoms with Gasteiger partial charge in [-0.3, -0.25) is 14.2 Å². The number of aromatic nitrogens is 2. The van der Waals surface area contributed by atoms with Crippen molar-refractivity contribution in [3.8, 4) is 0 Å². The van der Waals surface area contributed by atoms with Crippen molar-refractivity contribution in [2.45, 2.75) is 6.54 Å². The largest absolute Gasteiger partial charge is 0.323 e. The lowest BCUT2D eigenvalue weighted by molar-refractivity contribution is -0.116. The van der Waals surface area contributed by atoms with Crippen molar-refractivity contribution in [1.29, 1.82) is 0 Å². The molecule has 5 nitrogen and oxygen atoms in total. The average Bonchev–Trinajstić information content (AvgIpc) is 2.55. The third-order valence-electron chi connectivity index (χ3n) is 3.33. The fraction of sp³-hybridized carbons (Fsp3) is 0.0625. The standard InChI is InChI=1S/C16H10Cl3N3O2/c17-10-5-12(19)14(6-11(10)18)21-15(23)7-22-8-20-13-4-2-1-3-9(13)16(22)24/h1-6,8H,7H2,(H,21,23). The minimum atomic E-state index is -0.436. The summed E-state index contributed by atoms with van der Waals surface area (Å²) >= 11 is 17.8. The van der Waals surface area contributed by atoms with Gasteiger partial charge in [-0.15, -0.1) is 0 Å². The van der Waals surface area contributed by atoms with E-state index in [4.69, 9.17) is 34.8 Å². The maximum Gasteiger partial charge on any atom is 0.261 e. The molecule has 0 saturated heterocycles. The lowest BCUT2D eigenvalue weighted by Crippen LogP contribution is -2.28. The molecular formula is C16H10Cl3N3O2. The zero-order chi connectivity index (χ0) is 17.3. The molecule has 2 aromatic carbocycles. The van der Waals surface area contributed by atoms with Crippen molar-refractivity contribution in [2.75, 3.05) is 5.32 Å². The molecule has 0 aliphatic rings. The summed E-state index contributed by atoms with van der Waals surface area (Å²) < 4.78 is 1.23. The van der Waals surface area contributed by atoms with Crippen molar-refractivity contribution >= 4 is 57.3 Å². The number of nitrogens with zero attached hydrogens (tertiary/aromatic N) is 2. The SMILES string of the molecule is O=C(Cn1cnc2ccccc2c1=O)Nc1cc(Cl)c(Cl)cc1Cl. The Bertz CT molecular complexity index is 1000. The molecule has 0 aliphatic carbocycles. The van der Waals surface area contributed by atoms with Crippen LogP contribution in [0, 0.1) is 0 Å². The zero-order valence-corrected chi connectivity index (χ0v) is 14.4. The number of rotatable bonds is 3. The average molecular weight is 383 g/mol. The molecule has 3 rings (SSSR count). The van der Waals surface area contributed by atoms with Crippen LogP contribution in [-0.2, 0) is 11.3 Å². The van der Waals surface area contributed by atoms with Crippen LogP contribution in [0.15, 0.2) is 47.5 Å². The Balaban J connectivity index is 1.84. The number of para-hydroxylation sites is 1. The van der Waals surface area contributed by atoms with Gasteiger partial charge in [0.25, 0.3) is 5.56 Å². The quantitative estimate of drug-likeness (QED) is 0.697. The number of benzene rings is 2. The lowest BCUT2D eigenvalue weighted by Gasteiger charge is -2.10. The molecule has 0 unspecified atom stereocenters. The Hall–Kier alpha value is -2.08. The number of hydrogen-bond donors (Lipinski definition) is 1. The minimum Gasteiger partial charge on any atom is -0.323 e. The maximum atomic E-state index is 12.4. The number of anilines is 1. The van der Waals surface area contributed by atoms with E-state index in [1.807, 2.05) is 0 Å². The Kier molecular flexibility index (Phi) is 4.76. The summed E-state index contributed by atoms with van der Waals surface area (Å²) in [4.78, 5) is 28.7. The first-order valence-corrected chi connectivity index (χ1v) is 7.97. The molecule has 1 N–H and O–H groups in total. The number of carbonyl (C=O) groups excluding carboxylic acids is 1.